The summed E-state index contributed by atoms with van der Waals surface area (Å²) in [6, 6.07) is 13.2. The number of aryl methyl sites for hydroxylation is 1. The first-order valence-electron chi connectivity index (χ1n) is 10.0. The predicted molar refractivity (Wildman–Crippen MR) is 112 cm³/mol. The Kier molecular flexibility index (Phi) is 5.70. The first kappa shape index (κ1) is 19.9. The number of piperidine rings is 1. The minimum atomic E-state index is -0.0600. The van der Waals surface area contributed by atoms with Gasteiger partial charge in [0.25, 0.3) is 5.91 Å². The summed E-state index contributed by atoms with van der Waals surface area (Å²) >= 11 is 0. The van der Waals surface area contributed by atoms with Gasteiger partial charge < -0.3 is 18.9 Å². The van der Waals surface area contributed by atoms with Crippen LogP contribution < -0.4 is 9.47 Å². The number of hydrogen-bond acceptors (Lipinski definition) is 6. The van der Waals surface area contributed by atoms with Gasteiger partial charge in [0.05, 0.1) is 20.1 Å². The third-order valence-electron chi connectivity index (χ3n) is 5.41. The minimum Gasteiger partial charge on any atom is -0.497 e. The van der Waals surface area contributed by atoms with Crippen LogP contribution in [0.2, 0.25) is 0 Å². The molecule has 0 bridgehead atoms. The SMILES string of the molecule is COc1cc(OC)cc(C(=O)N2CCC[C@@H](c3nc(-c4ccc(C)cc4)no3)C2)c1. The zero-order chi connectivity index (χ0) is 21.1. The molecular weight excluding hydrogens is 382 g/mol. The second-order valence-corrected chi connectivity index (χ2v) is 7.51. The number of hydrogen-bond donors (Lipinski definition) is 0. The van der Waals surface area contributed by atoms with E-state index in [1.807, 2.05) is 36.1 Å². The van der Waals surface area contributed by atoms with Gasteiger partial charge in [0.15, 0.2) is 0 Å². The Bertz CT molecular complexity index is 1010. The number of benzene rings is 2. The number of methoxy groups -OCH3 is 2. The molecule has 2 aromatic carbocycles. The lowest BCUT2D eigenvalue weighted by Gasteiger charge is -2.31. The summed E-state index contributed by atoms with van der Waals surface area (Å²) in [5.41, 5.74) is 2.64. The van der Waals surface area contributed by atoms with Crippen molar-refractivity contribution in [2.75, 3.05) is 27.3 Å². The average Bonchev–Trinajstić information content (AvgIpc) is 3.29. The van der Waals surface area contributed by atoms with Crippen molar-refractivity contribution < 1.29 is 18.8 Å². The van der Waals surface area contributed by atoms with Gasteiger partial charge in [-0.1, -0.05) is 35.0 Å². The maximum atomic E-state index is 13.1. The lowest BCUT2D eigenvalue weighted by molar-refractivity contribution is 0.0695. The van der Waals surface area contributed by atoms with E-state index in [0.29, 0.717) is 41.9 Å². The van der Waals surface area contributed by atoms with E-state index in [-0.39, 0.29) is 11.8 Å². The van der Waals surface area contributed by atoms with Gasteiger partial charge in [-0.05, 0) is 31.9 Å². The monoisotopic (exact) mass is 407 g/mol. The highest BCUT2D eigenvalue weighted by Gasteiger charge is 2.29. The number of nitrogens with zero attached hydrogens (tertiary/aromatic N) is 3. The van der Waals surface area contributed by atoms with E-state index in [2.05, 4.69) is 10.1 Å². The van der Waals surface area contributed by atoms with Gasteiger partial charge in [0.1, 0.15) is 11.5 Å². The van der Waals surface area contributed by atoms with Gasteiger partial charge in [0, 0.05) is 30.3 Å². The second kappa shape index (κ2) is 8.57. The standard InChI is InChI=1S/C23H25N3O4/c1-15-6-8-16(9-7-15)21-24-22(30-25-21)17-5-4-10-26(14-17)23(27)18-11-19(28-2)13-20(12-18)29-3/h6-9,11-13,17H,4-5,10,14H2,1-3H3/t17-/m1/s1. The van der Waals surface area contributed by atoms with Crippen molar-refractivity contribution in [3.63, 3.8) is 0 Å². The lowest BCUT2D eigenvalue weighted by atomic mass is 9.97. The molecule has 0 aliphatic carbocycles. The van der Waals surface area contributed by atoms with Crippen molar-refractivity contribution in [3.8, 4) is 22.9 Å². The Labute approximate surface area is 175 Å². The number of aromatic nitrogens is 2. The Hall–Kier alpha value is -3.35. The third-order valence-corrected chi connectivity index (χ3v) is 5.41. The molecule has 7 heteroatoms. The highest BCUT2D eigenvalue weighted by atomic mass is 16.5. The Balaban J connectivity index is 1.51. The van der Waals surface area contributed by atoms with E-state index in [4.69, 9.17) is 14.0 Å². The van der Waals surface area contributed by atoms with Crippen LogP contribution in [-0.4, -0.2) is 48.3 Å². The number of likely N-dealkylation sites (tertiary alicyclic amines) is 1. The largest absolute Gasteiger partial charge is 0.497 e. The highest BCUT2D eigenvalue weighted by molar-refractivity contribution is 5.95. The maximum Gasteiger partial charge on any atom is 0.254 e. The van der Waals surface area contributed by atoms with Crippen LogP contribution >= 0.6 is 0 Å². The maximum absolute atomic E-state index is 13.1. The van der Waals surface area contributed by atoms with Crippen LogP contribution in [0.1, 0.15) is 40.6 Å². The van der Waals surface area contributed by atoms with E-state index in [9.17, 15) is 4.79 Å². The summed E-state index contributed by atoms with van der Waals surface area (Å²) in [6.45, 7) is 3.26. The molecule has 3 aromatic rings. The summed E-state index contributed by atoms with van der Waals surface area (Å²) in [4.78, 5) is 19.6. The molecule has 0 radical (unpaired) electrons. The first-order chi connectivity index (χ1) is 14.6. The van der Waals surface area contributed by atoms with Crippen LogP contribution in [0.3, 0.4) is 0 Å². The normalized spacial score (nSPS) is 16.4. The summed E-state index contributed by atoms with van der Waals surface area (Å²) in [7, 11) is 3.14. The van der Waals surface area contributed by atoms with E-state index in [1.165, 1.54) is 5.56 Å². The van der Waals surface area contributed by atoms with Crippen molar-refractivity contribution in [1.82, 2.24) is 15.0 Å². The number of carbonyl (C=O) groups excluding carboxylic acids is 1. The smallest absolute Gasteiger partial charge is 0.254 e. The molecule has 1 saturated heterocycles. The number of carbonyl (C=O) groups is 1. The molecule has 1 amide bonds. The molecule has 0 N–H and O–H groups in total. The summed E-state index contributed by atoms with van der Waals surface area (Å²) in [5, 5.41) is 4.14. The molecule has 1 aromatic heterocycles. The van der Waals surface area contributed by atoms with Gasteiger partial charge in [-0.25, -0.2) is 0 Å². The molecule has 7 nitrogen and oxygen atoms in total. The topological polar surface area (TPSA) is 77.7 Å². The van der Waals surface area contributed by atoms with Gasteiger partial charge in [-0.15, -0.1) is 0 Å². The van der Waals surface area contributed by atoms with E-state index in [1.54, 1.807) is 32.4 Å². The minimum absolute atomic E-state index is 0.0156. The van der Waals surface area contributed by atoms with Crippen molar-refractivity contribution in [3.05, 3.63) is 59.5 Å². The van der Waals surface area contributed by atoms with E-state index >= 15 is 0 Å². The van der Waals surface area contributed by atoms with Crippen LogP contribution in [0.25, 0.3) is 11.4 Å². The van der Waals surface area contributed by atoms with Gasteiger partial charge >= 0.3 is 0 Å². The zero-order valence-electron chi connectivity index (χ0n) is 17.4. The van der Waals surface area contributed by atoms with E-state index < -0.39 is 0 Å². The summed E-state index contributed by atoms with van der Waals surface area (Å²) in [5.74, 6) is 2.28. The van der Waals surface area contributed by atoms with Crippen LogP contribution in [0.15, 0.2) is 47.0 Å². The summed E-state index contributed by atoms with van der Waals surface area (Å²) in [6.07, 6.45) is 1.78. The Morgan fingerprint density at radius 3 is 2.47 bits per heavy atom. The van der Waals surface area contributed by atoms with Crippen LogP contribution in [0, 0.1) is 6.92 Å². The molecule has 1 atom stereocenters. The van der Waals surface area contributed by atoms with Gasteiger partial charge in [0.2, 0.25) is 11.7 Å². The fraction of sp³-hybridized carbons (Fsp3) is 0.348. The van der Waals surface area contributed by atoms with Crippen LogP contribution in [0.5, 0.6) is 11.5 Å². The van der Waals surface area contributed by atoms with Crippen LogP contribution in [-0.2, 0) is 0 Å². The van der Waals surface area contributed by atoms with E-state index in [0.717, 1.165) is 18.4 Å². The predicted octanol–water partition coefficient (Wildman–Crippen LogP) is 4.08. The first-order valence-corrected chi connectivity index (χ1v) is 10.0. The molecule has 1 fully saturated rings. The van der Waals surface area contributed by atoms with Crippen molar-refractivity contribution in [1.29, 1.82) is 0 Å². The highest BCUT2D eigenvalue weighted by Crippen LogP contribution is 2.30. The molecule has 0 spiro atoms. The van der Waals surface area contributed by atoms with Crippen LogP contribution in [0.4, 0.5) is 0 Å². The molecule has 30 heavy (non-hydrogen) atoms. The molecule has 4 rings (SSSR count). The average molecular weight is 407 g/mol. The lowest BCUT2D eigenvalue weighted by Crippen LogP contribution is -2.39. The van der Waals surface area contributed by atoms with Crippen molar-refractivity contribution in [2.45, 2.75) is 25.7 Å². The molecule has 1 aliphatic heterocycles. The molecular formula is C23H25N3O4. The van der Waals surface area contributed by atoms with Gasteiger partial charge in [-0.2, -0.15) is 4.98 Å². The molecule has 2 heterocycles. The Morgan fingerprint density at radius 2 is 1.80 bits per heavy atom. The fourth-order valence-corrected chi connectivity index (χ4v) is 3.70. The molecule has 1 aliphatic rings. The third kappa shape index (κ3) is 4.15. The second-order valence-electron chi connectivity index (χ2n) is 7.51. The Morgan fingerprint density at radius 1 is 1.10 bits per heavy atom. The number of ether oxygens (including phenoxy) is 2. The van der Waals surface area contributed by atoms with Crippen molar-refractivity contribution >= 4 is 5.91 Å². The number of amides is 1. The number of rotatable bonds is 5. The zero-order valence-corrected chi connectivity index (χ0v) is 17.4. The van der Waals surface area contributed by atoms with Gasteiger partial charge in [-0.3, -0.25) is 4.79 Å². The molecule has 0 unspecified atom stereocenters. The quantitative estimate of drug-likeness (QED) is 0.634. The summed E-state index contributed by atoms with van der Waals surface area (Å²) < 4.78 is 16.1. The molecule has 156 valence electrons. The van der Waals surface area contributed by atoms with Crippen molar-refractivity contribution in [2.24, 2.45) is 0 Å². The fourth-order valence-electron chi connectivity index (χ4n) is 3.70. The molecule has 0 saturated carbocycles.